The summed E-state index contributed by atoms with van der Waals surface area (Å²) < 4.78 is 15.4. The normalized spacial score (nSPS) is 10.9. The van der Waals surface area contributed by atoms with Crippen molar-refractivity contribution >= 4 is 46.1 Å². The van der Waals surface area contributed by atoms with Gasteiger partial charge in [0, 0.05) is 25.2 Å². The minimum absolute atomic E-state index is 0.0912. The molecule has 0 fully saturated rings. The summed E-state index contributed by atoms with van der Waals surface area (Å²) in [7, 11) is 0. The summed E-state index contributed by atoms with van der Waals surface area (Å²) in [6, 6.07) is 6.96. The van der Waals surface area contributed by atoms with Crippen LogP contribution in [0.4, 0.5) is 0 Å². The number of carbonyl (C=O) groups is 2. The second kappa shape index (κ2) is 10.9. The van der Waals surface area contributed by atoms with Gasteiger partial charge in [-0.3, -0.25) is 19.3 Å². The second-order valence-electron chi connectivity index (χ2n) is 5.57. The molecule has 9 heteroatoms. The largest absolute Gasteiger partial charge is 0.464 e. The molecule has 0 spiro atoms. The Hall–Kier alpha value is -2.09. The molecule has 0 N–H and O–H groups in total. The summed E-state index contributed by atoms with van der Waals surface area (Å²) in [5.74, 6) is -1.53. The van der Waals surface area contributed by atoms with Crippen LogP contribution in [0.25, 0.3) is 11.0 Å². The number of nitrogens with zero attached hydrogens (tertiary/aromatic N) is 1. The van der Waals surface area contributed by atoms with Crippen molar-refractivity contribution in [1.29, 1.82) is 0 Å². The molecule has 0 amide bonds. The van der Waals surface area contributed by atoms with E-state index in [0.29, 0.717) is 29.6 Å². The summed E-state index contributed by atoms with van der Waals surface area (Å²) in [5, 5.41) is 0.483. The second-order valence-corrected chi connectivity index (χ2v) is 6.11. The Morgan fingerprint density at radius 1 is 1.00 bits per heavy atom. The molecular formula is C18H19Cl2NO6. The standard InChI is InChI=1S/C18H19Cl2NO6/c19-9-16(22)25-7-5-21(6-8-26-17(23)10-20)11-13-12-27-15-4-2-1-3-14(15)18(13)24/h1-4,12H,5-11H2. The van der Waals surface area contributed by atoms with Gasteiger partial charge < -0.3 is 13.9 Å². The van der Waals surface area contributed by atoms with E-state index in [9.17, 15) is 14.4 Å². The summed E-state index contributed by atoms with van der Waals surface area (Å²) in [4.78, 5) is 36.8. The highest BCUT2D eigenvalue weighted by atomic mass is 35.5. The number of alkyl halides is 2. The molecule has 0 radical (unpaired) electrons. The topological polar surface area (TPSA) is 86.0 Å². The smallest absolute Gasteiger partial charge is 0.320 e. The lowest BCUT2D eigenvalue weighted by Crippen LogP contribution is -2.33. The fourth-order valence-corrected chi connectivity index (χ4v) is 2.55. The maximum atomic E-state index is 12.6. The molecule has 0 aliphatic carbocycles. The van der Waals surface area contributed by atoms with Crippen molar-refractivity contribution < 1.29 is 23.5 Å². The molecule has 0 bridgehead atoms. The highest BCUT2D eigenvalue weighted by Gasteiger charge is 2.13. The Labute approximate surface area is 165 Å². The molecule has 0 aliphatic rings. The first-order chi connectivity index (χ1) is 13.0. The Morgan fingerprint density at radius 3 is 2.19 bits per heavy atom. The monoisotopic (exact) mass is 415 g/mol. The predicted molar refractivity (Wildman–Crippen MR) is 101 cm³/mol. The van der Waals surface area contributed by atoms with Gasteiger partial charge in [0.15, 0.2) is 5.43 Å². The number of benzene rings is 1. The van der Waals surface area contributed by atoms with Gasteiger partial charge in [0.25, 0.3) is 0 Å². The zero-order valence-electron chi connectivity index (χ0n) is 14.5. The predicted octanol–water partition coefficient (Wildman–Crippen LogP) is 2.16. The average Bonchev–Trinajstić information content (AvgIpc) is 2.69. The summed E-state index contributed by atoms with van der Waals surface area (Å²) in [5.41, 5.74) is 0.809. The van der Waals surface area contributed by atoms with Crippen molar-refractivity contribution in [2.24, 2.45) is 0 Å². The van der Waals surface area contributed by atoms with Crippen molar-refractivity contribution in [3.63, 3.8) is 0 Å². The van der Waals surface area contributed by atoms with Crippen molar-refractivity contribution in [2.75, 3.05) is 38.1 Å². The number of hydrogen-bond acceptors (Lipinski definition) is 7. The fourth-order valence-electron chi connectivity index (χ4n) is 2.39. The average molecular weight is 416 g/mol. The molecule has 2 aromatic rings. The number of esters is 2. The zero-order chi connectivity index (χ0) is 19.6. The van der Waals surface area contributed by atoms with Gasteiger partial charge in [-0.25, -0.2) is 0 Å². The summed E-state index contributed by atoms with van der Waals surface area (Å²) >= 11 is 10.8. The number of hydrogen-bond donors (Lipinski definition) is 0. The molecule has 0 saturated heterocycles. The molecule has 0 unspecified atom stereocenters. The van der Waals surface area contributed by atoms with Crippen molar-refractivity contribution in [2.45, 2.75) is 6.54 Å². The lowest BCUT2D eigenvalue weighted by Gasteiger charge is -2.21. The first-order valence-electron chi connectivity index (χ1n) is 8.20. The third-order valence-electron chi connectivity index (χ3n) is 3.70. The quantitative estimate of drug-likeness (QED) is 0.433. The van der Waals surface area contributed by atoms with Crippen LogP contribution in [0.2, 0.25) is 0 Å². The van der Waals surface area contributed by atoms with E-state index in [1.165, 1.54) is 6.26 Å². The number of para-hydroxylation sites is 1. The van der Waals surface area contributed by atoms with Crippen molar-refractivity contribution in [1.82, 2.24) is 4.90 Å². The van der Waals surface area contributed by atoms with Crippen LogP contribution in [0.5, 0.6) is 0 Å². The van der Waals surface area contributed by atoms with Gasteiger partial charge in [-0.15, -0.1) is 23.2 Å². The van der Waals surface area contributed by atoms with E-state index in [1.807, 2.05) is 4.90 Å². The van der Waals surface area contributed by atoms with Crippen LogP contribution in [0.1, 0.15) is 5.56 Å². The zero-order valence-corrected chi connectivity index (χ0v) is 16.0. The highest BCUT2D eigenvalue weighted by Crippen LogP contribution is 2.11. The highest BCUT2D eigenvalue weighted by molar-refractivity contribution is 6.26. The molecule has 0 saturated carbocycles. The molecule has 1 heterocycles. The Kier molecular flexibility index (Phi) is 8.57. The summed E-state index contributed by atoms with van der Waals surface area (Å²) in [6.45, 7) is 1.08. The molecular weight excluding hydrogens is 397 g/mol. The van der Waals surface area contributed by atoms with Gasteiger partial charge in [0.05, 0.1) is 11.6 Å². The van der Waals surface area contributed by atoms with Crippen LogP contribution in [0.3, 0.4) is 0 Å². The van der Waals surface area contributed by atoms with Gasteiger partial charge >= 0.3 is 11.9 Å². The fraction of sp³-hybridized carbons (Fsp3) is 0.389. The Morgan fingerprint density at radius 2 is 1.59 bits per heavy atom. The van der Waals surface area contributed by atoms with E-state index in [0.717, 1.165) is 0 Å². The molecule has 0 atom stereocenters. The molecule has 2 rings (SSSR count). The number of rotatable bonds is 10. The van der Waals surface area contributed by atoms with E-state index in [-0.39, 0.29) is 36.9 Å². The molecule has 1 aromatic heterocycles. The van der Waals surface area contributed by atoms with Crippen LogP contribution < -0.4 is 5.43 Å². The lowest BCUT2D eigenvalue weighted by molar-refractivity contribution is -0.141. The van der Waals surface area contributed by atoms with E-state index in [4.69, 9.17) is 37.1 Å². The van der Waals surface area contributed by atoms with Crippen LogP contribution in [0.15, 0.2) is 39.7 Å². The first kappa shape index (κ1) is 21.2. The van der Waals surface area contributed by atoms with E-state index in [1.54, 1.807) is 24.3 Å². The minimum atomic E-state index is -0.532. The number of ether oxygens (including phenoxy) is 2. The number of carbonyl (C=O) groups excluding carboxylic acids is 2. The van der Waals surface area contributed by atoms with Gasteiger partial charge in [-0.1, -0.05) is 12.1 Å². The molecule has 27 heavy (non-hydrogen) atoms. The Bertz CT molecular complexity index is 816. The van der Waals surface area contributed by atoms with Crippen molar-refractivity contribution in [3.8, 4) is 0 Å². The SMILES string of the molecule is O=C(CCl)OCCN(CCOC(=O)CCl)Cc1coc2ccccc2c1=O. The third-order valence-corrected chi connectivity index (χ3v) is 4.14. The van der Waals surface area contributed by atoms with E-state index < -0.39 is 11.9 Å². The van der Waals surface area contributed by atoms with Gasteiger partial charge in [-0.2, -0.15) is 0 Å². The van der Waals surface area contributed by atoms with Crippen LogP contribution >= 0.6 is 23.2 Å². The minimum Gasteiger partial charge on any atom is -0.464 e. The van der Waals surface area contributed by atoms with E-state index >= 15 is 0 Å². The first-order valence-corrected chi connectivity index (χ1v) is 9.27. The number of halogens is 2. The summed E-state index contributed by atoms with van der Waals surface area (Å²) in [6.07, 6.45) is 1.41. The third kappa shape index (κ3) is 6.53. The number of fused-ring (bicyclic) bond motifs is 1. The van der Waals surface area contributed by atoms with Gasteiger partial charge in [0.2, 0.25) is 0 Å². The Balaban J connectivity index is 2.07. The maximum absolute atomic E-state index is 12.6. The maximum Gasteiger partial charge on any atom is 0.320 e. The van der Waals surface area contributed by atoms with Crippen LogP contribution in [-0.2, 0) is 25.6 Å². The molecule has 1 aromatic carbocycles. The van der Waals surface area contributed by atoms with Crippen LogP contribution in [0, 0.1) is 0 Å². The molecule has 146 valence electrons. The van der Waals surface area contributed by atoms with E-state index in [2.05, 4.69) is 0 Å². The van der Waals surface area contributed by atoms with Gasteiger partial charge in [-0.05, 0) is 12.1 Å². The lowest BCUT2D eigenvalue weighted by atomic mass is 10.1. The molecule has 7 nitrogen and oxygen atoms in total. The van der Waals surface area contributed by atoms with Crippen molar-refractivity contribution in [3.05, 3.63) is 46.3 Å². The van der Waals surface area contributed by atoms with Crippen LogP contribution in [-0.4, -0.2) is 54.9 Å². The van der Waals surface area contributed by atoms with Gasteiger partial charge in [0.1, 0.15) is 30.6 Å². The molecule has 0 aliphatic heterocycles.